The van der Waals surface area contributed by atoms with Crippen molar-refractivity contribution < 1.29 is 0 Å². The molecule has 0 atom stereocenters. The van der Waals surface area contributed by atoms with Gasteiger partial charge in [-0.25, -0.2) is 0 Å². The predicted octanol–water partition coefficient (Wildman–Crippen LogP) is 13.2. The van der Waals surface area contributed by atoms with E-state index >= 15 is 0 Å². The number of hydrogen-bond acceptors (Lipinski definition) is 0. The van der Waals surface area contributed by atoms with Crippen molar-refractivity contribution in [3.05, 3.63) is 250 Å². The van der Waals surface area contributed by atoms with E-state index in [2.05, 4.69) is 231 Å². The molecule has 0 fully saturated rings. The number of hydrogen-bond donors (Lipinski definition) is 0. The molecule has 0 saturated carbocycles. The highest BCUT2D eigenvalue weighted by atomic mass is 14.1. The zero-order chi connectivity index (χ0) is 33.8. The van der Waals surface area contributed by atoms with Gasteiger partial charge in [-0.1, -0.05) is 218 Å². The summed E-state index contributed by atoms with van der Waals surface area (Å²) in [6.45, 7) is 0. The molecule has 0 radical (unpaired) electrons. The molecule has 0 heteroatoms. The Morgan fingerprint density at radius 3 is 0.800 bits per heavy atom. The average molecular weight is 639 g/mol. The van der Waals surface area contributed by atoms with Crippen molar-refractivity contribution in [1.82, 2.24) is 0 Å². The highest BCUT2D eigenvalue weighted by molar-refractivity contribution is 5.94. The molecular weight excluding hydrogens is 601 g/mol. The lowest BCUT2D eigenvalue weighted by Crippen LogP contribution is -1.89. The molecule has 238 valence electrons. The van der Waals surface area contributed by atoms with E-state index in [0.717, 1.165) is 11.1 Å². The van der Waals surface area contributed by atoms with E-state index in [9.17, 15) is 0 Å². The van der Waals surface area contributed by atoms with E-state index < -0.39 is 0 Å². The first-order chi connectivity index (χ1) is 24.8. The SMILES string of the molecule is C(=Cc1ccccc1C=C(c1ccccc1)c1ccccc1)c1ccc(C=Cc2ccccc2C=C(c2ccccc2)c2ccccc2)cc1. The first-order valence-electron chi connectivity index (χ1n) is 17.1. The van der Waals surface area contributed by atoms with Crippen LogP contribution in [0.3, 0.4) is 0 Å². The zero-order valence-electron chi connectivity index (χ0n) is 27.9. The molecule has 7 aromatic carbocycles. The van der Waals surface area contributed by atoms with Crippen molar-refractivity contribution in [3.63, 3.8) is 0 Å². The van der Waals surface area contributed by atoms with Crippen LogP contribution in [-0.4, -0.2) is 0 Å². The molecule has 0 aromatic heterocycles. The Labute approximate surface area is 296 Å². The Morgan fingerprint density at radius 1 is 0.240 bits per heavy atom. The lowest BCUT2D eigenvalue weighted by molar-refractivity contribution is 1.54. The van der Waals surface area contributed by atoms with Crippen molar-refractivity contribution in [2.45, 2.75) is 0 Å². The van der Waals surface area contributed by atoms with Crippen molar-refractivity contribution in [2.24, 2.45) is 0 Å². The van der Waals surface area contributed by atoms with Gasteiger partial charge in [0.1, 0.15) is 0 Å². The maximum absolute atomic E-state index is 2.30. The van der Waals surface area contributed by atoms with E-state index in [4.69, 9.17) is 0 Å². The van der Waals surface area contributed by atoms with Gasteiger partial charge in [-0.05, 0) is 78.9 Å². The third kappa shape index (κ3) is 8.13. The molecule has 0 heterocycles. The van der Waals surface area contributed by atoms with Gasteiger partial charge in [0, 0.05) is 0 Å². The molecule has 0 amide bonds. The van der Waals surface area contributed by atoms with Crippen LogP contribution in [0.2, 0.25) is 0 Å². The molecule has 0 saturated heterocycles. The molecule has 0 aliphatic heterocycles. The lowest BCUT2D eigenvalue weighted by Gasteiger charge is -2.10. The van der Waals surface area contributed by atoms with Crippen molar-refractivity contribution >= 4 is 47.6 Å². The normalized spacial score (nSPS) is 11.0. The minimum atomic E-state index is 1.16. The van der Waals surface area contributed by atoms with Crippen LogP contribution >= 0.6 is 0 Å². The van der Waals surface area contributed by atoms with Gasteiger partial charge < -0.3 is 0 Å². The van der Waals surface area contributed by atoms with Gasteiger partial charge in [-0.3, -0.25) is 0 Å². The number of rotatable bonds is 10. The second kappa shape index (κ2) is 16.1. The maximum atomic E-state index is 2.30. The average Bonchev–Trinajstić information content (AvgIpc) is 3.20. The Bertz CT molecular complexity index is 2000. The van der Waals surface area contributed by atoms with Crippen LogP contribution in [0.15, 0.2) is 194 Å². The molecule has 0 spiro atoms. The summed E-state index contributed by atoms with van der Waals surface area (Å²) in [5.74, 6) is 0. The van der Waals surface area contributed by atoms with Crippen LogP contribution in [-0.2, 0) is 0 Å². The molecule has 7 rings (SSSR count). The Morgan fingerprint density at radius 2 is 0.500 bits per heavy atom. The van der Waals surface area contributed by atoms with Gasteiger partial charge in [0.05, 0.1) is 0 Å². The van der Waals surface area contributed by atoms with Crippen molar-refractivity contribution in [1.29, 1.82) is 0 Å². The highest BCUT2D eigenvalue weighted by Gasteiger charge is 2.08. The molecule has 7 aromatic rings. The summed E-state index contributed by atoms with van der Waals surface area (Å²) in [6, 6.07) is 68.3. The Balaban J connectivity index is 1.12. The van der Waals surface area contributed by atoms with E-state index in [0.29, 0.717) is 0 Å². The zero-order valence-corrected chi connectivity index (χ0v) is 27.9. The summed E-state index contributed by atoms with van der Waals surface area (Å²) in [5, 5.41) is 0. The second-order valence-electron chi connectivity index (χ2n) is 12.2. The van der Waals surface area contributed by atoms with E-state index in [1.165, 1.54) is 55.7 Å². The third-order valence-electron chi connectivity index (χ3n) is 8.78. The van der Waals surface area contributed by atoms with Gasteiger partial charge in [0.25, 0.3) is 0 Å². The first kappa shape index (κ1) is 32.1. The van der Waals surface area contributed by atoms with Gasteiger partial charge >= 0.3 is 0 Å². The topological polar surface area (TPSA) is 0 Å². The van der Waals surface area contributed by atoms with Gasteiger partial charge in [0.2, 0.25) is 0 Å². The van der Waals surface area contributed by atoms with Crippen LogP contribution in [0.25, 0.3) is 47.6 Å². The van der Waals surface area contributed by atoms with E-state index in [1.807, 2.05) is 0 Å². The van der Waals surface area contributed by atoms with E-state index in [1.54, 1.807) is 0 Å². The third-order valence-corrected chi connectivity index (χ3v) is 8.78. The monoisotopic (exact) mass is 638 g/mol. The highest BCUT2D eigenvalue weighted by Crippen LogP contribution is 2.29. The Kier molecular flexibility index (Phi) is 10.3. The van der Waals surface area contributed by atoms with Crippen LogP contribution in [0.1, 0.15) is 55.6 Å². The fourth-order valence-corrected chi connectivity index (χ4v) is 6.13. The smallest absolute Gasteiger partial charge is 0.0105 e. The van der Waals surface area contributed by atoms with Crippen LogP contribution in [0.5, 0.6) is 0 Å². The van der Waals surface area contributed by atoms with Crippen LogP contribution < -0.4 is 0 Å². The summed E-state index contributed by atoms with van der Waals surface area (Å²) in [5.41, 5.74) is 14.3. The summed E-state index contributed by atoms with van der Waals surface area (Å²) in [6.07, 6.45) is 13.4. The molecular formula is C50H38. The molecule has 0 N–H and O–H groups in total. The second-order valence-corrected chi connectivity index (χ2v) is 12.2. The minimum absolute atomic E-state index is 1.16. The van der Waals surface area contributed by atoms with Gasteiger partial charge in [0.15, 0.2) is 0 Å². The van der Waals surface area contributed by atoms with Crippen LogP contribution in [0.4, 0.5) is 0 Å². The van der Waals surface area contributed by atoms with E-state index in [-0.39, 0.29) is 0 Å². The summed E-state index contributed by atoms with van der Waals surface area (Å²) in [4.78, 5) is 0. The van der Waals surface area contributed by atoms with Crippen LogP contribution in [0, 0.1) is 0 Å². The molecule has 0 bridgehead atoms. The maximum Gasteiger partial charge on any atom is -0.0105 e. The Hall–Kier alpha value is -6.50. The summed E-state index contributed by atoms with van der Waals surface area (Å²) in [7, 11) is 0. The molecule has 0 nitrogen and oxygen atoms in total. The fraction of sp³-hybridized carbons (Fsp3) is 0. The standard InChI is InChI=1S/C50H38/c1-5-19-43(20-6-1)49(44-21-7-2-8-22-44)37-47-27-15-13-17-41(47)35-33-39-29-31-40(32-30-39)34-36-42-18-14-16-28-48(42)38-50(45-23-9-3-10-24-45)46-25-11-4-12-26-46/h1-38H. The van der Waals surface area contributed by atoms with Crippen molar-refractivity contribution in [2.75, 3.05) is 0 Å². The quantitative estimate of drug-likeness (QED) is 0.131. The molecule has 50 heavy (non-hydrogen) atoms. The molecule has 0 aliphatic carbocycles. The predicted molar refractivity (Wildman–Crippen MR) is 217 cm³/mol. The minimum Gasteiger partial charge on any atom is -0.0622 e. The summed E-state index contributed by atoms with van der Waals surface area (Å²) < 4.78 is 0. The first-order valence-corrected chi connectivity index (χ1v) is 17.1. The number of benzene rings is 7. The summed E-state index contributed by atoms with van der Waals surface area (Å²) >= 11 is 0. The lowest BCUT2D eigenvalue weighted by atomic mass is 9.94. The van der Waals surface area contributed by atoms with Crippen molar-refractivity contribution in [3.8, 4) is 0 Å². The van der Waals surface area contributed by atoms with Gasteiger partial charge in [-0.2, -0.15) is 0 Å². The molecule has 0 aliphatic rings. The van der Waals surface area contributed by atoms with Gasteiger partial charge in [-0.15, -0.1) is 0 Å². The fourth-order valence-electron chi connectivity index (χ4n) is 6.13. The molecule has 0 unspecified atom stereocenters. The largest absolute Gasteiger partial charge is 0.0622 e.